The summed E-state index contributed by atoms with van der Waals surface area (Å²) >= 11 is 5.74. The normalized spacial score (nSPS) is 15.5. The summed E-state index contributed by atoms with van der Waals surface area (Å²) in [7, 11) is 0. The zero-order valence-electron chi connectivity index (χ0n) is 15.8. The molecule has 5 rings (SSSR count). The monoisotopic (exact) mass is 466 g/mol. The third-order valence-corrected chi connectivity index (χ3v) is 5.19. The molecule has 32 heavy (non-hydrogen) atoms. The van der Waals surface area contributed by atoms with E-state index in [-0.39, 0.29) is 51.8 Å². The summed E-state index contributed by atoms with van der Waals surface area (Å²) in [5, 5.41) is 3.21. The lowest BCUT2D eigenvalue weighted by Gasteiger charge is -2.27. The van der Waals surface area contributed by atoms with Crippen molar-refractivity contribution in [2.45, 2.75) is 12.7 Å². The molecule has 164 valence electrons. The number of alkyl halides is 2. The molecular weight excluding hydrogens is 456 g/mol. The molecule has 0 fully saturated rings. The lowest BCUT2D eigenvalue weighted by molar-refractivity contribution is 0.0520. The van der Waals surface area contributed by atoms with Gasteiger partial charge in [0.05, 0.1) is 10.9 Å². The maximum absolute atomic E-state index is 14.8. The van der Waals surface area contributed by atoms with Crippen molar-refractivity contribution in [1.29, 1.82) is 0 Å². The highest BCUT2D eigenvalue weighted by molar-refractivity contribution is 6.31. The molecule has 2 aromatic carbocycles. The summed E-state index contributed by atoms with van der Waals surface area (Å²) in [6.45, 7) is -2.98. The van der Waals surface area contributed by atoms with Crippen molar-refractivity contribution < 1.29 is 27.0 Å². The predicted octanol–water partition coefficient (Wildman–Crippen LogP) is 4.31. The number of benzene rings is 2. The number of hydrogen-bond acceptors (Lipinski definition) is 7. The van der Waals surface area contributed by atoms with Crippen molar-refractivity contribution in [3.63, 3.8) is 0 Å². The van der Waals surface area contributed by atoms with Crippen LogP contribution in [0.25, 0.3) is 22.0 Å². The predicted molar refractivity (Wildman–Crippen MR) is 104 cm³/mol. The maximum Gasteiger partial charge on any atom is 0.334 e. The first-order valence-electron chi connectivity index (χ1n) is 9.05. The number of ether oxygens (including phenoxy) is 2. The Morgan fingerprint density at radius 2 is 1.97 bits per heavy atom. The highest BCUT2D eigenvalue weighted by Crippen LogP contribution is 2.47. The summed E-state index contributed by atoms with van der Waals surface area (Å²) in [5.41, 5.74) is 6.41. The van der Waals surface area contributed by atoms with Crippen molar-refractivity contribution in [2.24, 2.45) is 0 Å². The largest absolute Gasteiger partial charge is 0.485 e. The Hall–Kier alpha value is -3.67. The first-order valence-corrected chi connectivity index (χ1v) is 9.42. The number of nitrogen functional groups attached to an aromatic ring is 1. The van der Waals surface area contributed by atoms with Crippen LogP contribution in [0.5, 0.6) is 11.5 Å². The van der Waals surface area contributed by atoms with Crippen LogP contribution in [0.2, 0.25) is 5.02 Å². The van der Waals surface area contributed by atoms with Crippen molar-refractivity contribution in [3.05, 3.63) is 53.3 Å². The molecule has 1 unspecified atom stereocenters. The number of rotatable bonds is 3. The Bertz CT molecular complexity index is 1370. The first kappa shape index (κ1) is 20.2. The minimum Gasteiger partial charge on any atom is -0.485 e. The van der Waals surface area contributed by atoms with Gasteiger partial charge in [0, 0.05) is 11.1 Å². The van der Waals surface area contributed by atoms with Crippen LogP contribution in [-0.4, -0.2) is 31.3 Å². The van der Waals surface area contributed by atoms with Gasteiger partial charge in [-0.25, -0.2) is 23.7 Å². The summed E-state index contributed by atoms with van der Waals surface area (Å²) in [6.07, 6.45) is 1.12. The van der Waals surface area contributed by atoms with Gasteiger partial charge in [0.15, 0.2) is 29.2 Å². The van der Waals surface area contributed by atoms with E-state index in [2.05, 4.69) is 20.1 Å². The van der Waals surface area contributed by atoms with Crippen molar-refractivity contribution in [3.8, 4) is 22.6 Å². The number of hydrogen-bond donors (Lipinski definition) is 1. The van der Waals surface area contributed by atoms with Crippen LogP contribution >= 0.6 is 11.6 Å². The summed E-state index contributed by atoms with van der Waals surface area (Å²) < 4.78 is 66.1. The lowest BCUT2D eigenvalue weighted by atomic mass is 9.99. The molecule has 2 N–H and O–H groups in total. The van der Waals surface area contributed by atoms with Gasteiger partial charge in [0.25, 0.3) is 0 Å². The summed E-state index contributed by atoms with van der Waals surface area (Å²) in [6, 6.07) is 3.68. The zero-order chi connectivity index (χ0) is 22.6. The van der Waals surface area contributed by atoms with Gasteiger partial charge in [-0.3, -0.25) is 0 Å². The number of nitrogens with two attached hydrogens (primary N) is 1. The molecule has 1 aliphatic rings. The Morgan fingerprint density at radius 3 is 2.72 bits per heavy atom. The molecule has 0 aliphatic carbocycles. The SMILES string of the molecule is Nc1ncnc2c(-c3ccc(F)c(Cl)c3F)cc3c(c12)OC(c1ncn(C(F)F)n1)CO3. The number of nitrogens with zero attached hydrogens (tertiary/aromatic N) is 5. The number of anilines is 1. The molecule has 1 atom stereocenters. The summed E-state index contributed by atoms with van der Waals surface area (Å²) in [5.74, 6) is -1.65. The lowest BCUT2D eigenvalue weighted by Crippen LogP contribution is -2.23. The molecule has 0 saturated heterocycles. The molecule has 2 aromatic heterocycles. The molecular formula is C19H11ClF4N6O2. The molecule has 0 amide bonds. The van der Waals surface area contributed by atoms with Gasteiger partial charge in [-0.2, -0.15) is 13.5 Å². The second-order valence-corrected chi connectivity index (χ2v) is 7.11. The molecule has 0 radical (unpaired) electrons. The van der Waals surface area contributed by atoms with E-state index in [0.717, 1.165) is 12.4 Å². The molecule has 1 aliphatic heterocycles. The Labute approximate surface area is 181 Å². The molecule has 0 bridgehead atoms. The van der Waals surface area contributed by atoms with Crippen LogP contribution < -0.4 is 15.2 Å². The fourth-order valence-electron chi connectivity index (χ4n) is 3.38. The fraction of sp³-hybridized carbons (Fsp3) is 0.158. The highest BCUT2D eigenvalue weighted by atomic mass is 35.5. The van der Waals surface area contributed by atoms with Crippen LogP contribution in [0.1, 0.15) is 18.5 Å². The van der Waals surface area contributed by atoms with E-state index in [4.69, 9.17) is 26.8 Å². The van der Waals surface area contributed by atoms with E-state index in [9.17, 15) is 17.6 Å². The third kappa shape index (κ3) is 3.14. The van der Waals surface area contributed by atoms with Crippen molar-refractivity contribution in [2.75, 3.05) is 12.3 Å². The topological polar surface area (TPSA) is 101 Å². The molecule has 4 aromatic rings. The third-order valence-electron chi connectivity index (χ3n) is 4.85. The highest BCUT2D eigenvalue weighted by Gasteiger charge is 2.31. The summed E-state index contributed by atoms with van der Waals surface area (Å²) in [4.78, 5) is 12.0. The zero-order valence-corrected chi connectivity index (χ0v) is 16.5. The average molecular weight is 467 g/mol. The van der Waals surface area contributed by atoms with Gasteiger partial charge in [0.2, 0.25) is 0 Å². The van der Waals surface area contributed by atoms with E-state index < -0.39 is 29.3 Å². The maximum atomic E-state index is 14.8. The van der Waals surface area contributed by atoms with Crippen LogP contribution in [0.15, 0.2) is 30.9 Å². The van der Waals surface area contributed by atoms with Gasteiger partial charge >= 0.3 is 6.55 Å². The van der Waals surface area contributed by atoms with Gasteiger partial charge in [-0.05, 0) is 18.2 Å². The smallest absolute Gasteiger partial charge is 0.334 e. The Morgan fingerprint density at radius 1 is 1.16 bits per heavy atom. The molecule has 0 spiro atoms. The Balaban J connectivity index is 1.67. The molecule has 0 saturated carbocycles. The average Bonchev–Trinajstić information content (AvgIpc) is 3.28. The standard InChI is InChI=1S/C19H11ClF4N6O2/c20-13-9(21)2-1-7(14(13)22)8-3-10-16(12-15(8)26-5-27-17(12)25)32-11(4-31-10)18-28-6-30(29-18)19(23)24/h1-3,5-6,11,19H,4H2,(H2,25,26,27). The van der Waals surface area contributed by atoms with Gasteiger partial charge in [-0.15, -0.1) is 5.10 Å². The first-order chi connectivity index (χ1) is 15.3. The van der Waals surface area contributed by atoms with E-state index >= 15 is 0 Å². The Kier molecular flexibility index (Phi) is 4.73. The number of fused-ring (bicyclic) bond motifs is 3. The van der Waals surface area contributed by atoms with E-state index in [0.29, 0.717) is 4.68 Å². The minimum absolute atomic E-state index is 0.00274. The van der Waals surface area contributed by atoms with E-state index in [1.807, 2.05) is 0 Å². The van der Waals surface area contributed by atoms with Gasteiger partial charge in [-0.1, -0.05) is 11.6 Å². The van der Waals surface area contributed by atoms with E-state index in [1.165, 1.54) is 18.5 Å². The molecule has 8 nitrogen and oxygen atoms in total. The number of aromatic nitrogens is 5. The molecule has 13 heteroatoms. The van der Waals surface area contributed by atoms with Gasteiger partial charge < -0.3 is 15.2 Å². The second-order valence-electron chi connectivity index (χ2n) is 6.73. The van der Waals surface area contributed by atoms with Crippen LogP contribution in [0, 0.1) is 11.6 Å². The van der Waals surface area contributed by atoms with Crippen molar-refractivity contribution in [1.82, 2.24) is 24.7 Å². The second kappa shape index (κ2) is 7.48. The van der Waals surface area contributed by atoms with Gasteiger partial charge in [0.1, 0.15) is 35.9 Å². The molecule has 3 heterocycles. The van der Waals surface area contributed by atoms with E-state index in [1.54, 1.807) is 0 Å². The fourth-order valence-corrected chi connectivity index (χ4v) is 3.54. The van der Waals surface area contributed by atoms with Crippen molar-refractivity contribution >= 4 is 28.3 Å². The van der Waals surface area contributed by atoms with Crippen LogP contribution in [0.4, 0.5) is 23.4 Å². The van der Waals surface area contributed by atoms with Crippen LogP contribution in [0.3, 0.4) is 0 Å². The quantitative estimate of drug-likeness (QED) is 0.354. The number of halogens is 5. The minimum atomic E-state index is -2.86. The van der Waals surface area contributed by atoms with Crippen LogP contribution in [-0.2, 0) is 0 Å².